The Labute approximate surface area is 210 Å². The molecule has 1 aromatic carbocycles. The number of alkyl halides is 3. The third-order valence-corrected chi connectivity index (χ3v) is 6.43. The molecule has 0 bridgehead atoms. The highest BCUT2D eigenvalue weighted by Crippen LogP contribution is 2.28. The van der Waals surface area contributed by atoms with Crippen molar-refractivity contribution in [3.05, 3.63) is 58.9 Å². The quantitative estimate of drug-likeness (QED) is 0.418. The first-order chi connectivity index (χ1) is 17.6. The molecule has 3 aromatic heterocycles. The Morgan fingerprint density at radius 3 is 2.59 bits per heavy atom. The first-order valence-corrected chi connectivity index (χ1v) is 11.9. The van der Waals surface area contributed by atoms with Gasteiger partial charge in [-0.05, 0) is 49.2 Å². The molecule has 1 aliphatic heterocycles. The van der Waals surface area contributed by atoms with Crippen molar-refractivity contribution < 1.29 is 22.5 Å². The number of nitrogens with one attached hydrogen (secondary N) is 1. The zero-order valence-electron chi connectivity index (χ0n) is 20.5. The predicted molar refractivity (Wildman–Crippen MR) is 128 cm³/mol. The summed E-state index contributed by atoms with van der Waals surface area (Å²) in [6.45, 7) is 5.99. The highest BCUT2D eigenvalue weighted by molar-refractivity contribution is 5.85. The Bertz CT molecular complexity index is 1420. The number of amides is 1. The van der Waals surface area contributed by atoms with Gasteiger partial charge in [-0.3, -0.25) is 14.7 Å². The molecular formula is C25H26F3N7O2. The summed E-state index contributed by atoms with van der Waals surface area (Å²) in [6, 6.07) is 7.80. The number of nitrogens with zero attached hydrogens (tertiary/aromatic N) is 6. The van der Waals surface area contributed by atoms with Crippen LogP contribution in [0.2, 0.25) is 0 Å². The maximum atomic E-state index is 12.5. The number of halogens is 3. The third-order valence-electron chi connectivity index (χ3n) is 6.43. The minimum Gasteiger partial charge on any atom is -0.342 e. The summed E-state index contributed by atoms with van der Waals surface area (Å²) in [5, 5.41) is 3.86. The number of piperazine rings is 1. The largest absolute Gasteiger partial charge is 0.397 e. The number of fused-ring (bicyclic) bond motifs is 1. The molecule has 0 unspecified atom stereocenters. The summed E-state index contributed by atoms with van der Waals surface area (Å²) in [7, 11) is 0. The van der Waals surface area contributed by atoms with Gasteiger partial charge in [-0.25, -0.2) is 4.98 Å². The topological polar surface area (TPSA) is 104 Å². The SMILES string of the molecule is Cc1noc(-c2ccc3[nH]c(Cc4cc(CN5CCN(C(=O)CC(F)(F)F)CC5)ccn4)nc3c2C)n1. The lowest BCUT2D eigenvalue weighted by Gasteiger charge is -2.35. The van der Waals surface area contributed by atoms with Crippen molar-refractivity contribution in [1.82, 2.24) is 34.9 Å². The molecule has 4 aromatic rings. The Hall–Kier alpha value is -3.80. The van der Waals surface area contributed by atoms with Crippen LogP contribution in [0.5, 0.6) is 0 Å². The number of aromatic amines is 1. The smallest absolute Gasteiger partial charge is 0.342 e. The molecule has 0 aliphatic carbocycles. The summed E-state index contributed by atoms with van der Waals surface area (Å²) >= 11 is 0. The van der Waals surface area contributed by atoms with Crippen molar-refractivity contribution >= 4 is 16.9 Å². The number of rotatable bonds is 6. The number of carbonyl (C=O) groups is 1. The second-order valence-electron chi connectivity index (χ2n) is 9.25. The molecule has 12 heteroatoms. The number of carbonyl (C=O) groups excluding carboxylic acids is 1. The summed E-state index contributed by atoms with van der Waals surface area (Å²) in [6.07, 6.45) is -3.62. The van der Waals surface area contributed by atoms with Gasteiger partial charge in [0, 0.05) is 56.6 Å². The zero-order valence-corrected chi connectivity index (χ0v) is 20.5. The molecule has 9 nitrogen and oxygen atoms in total. The van der Waals surface area contributed by atoms with Gasteiger partial charge in [0.1, 0.15) is 12.2 Å². The number of pyridine rings is 1. The van der Waals surface area contributed by atoms with E-state index in [1.165, 1.54) is 4.90 Å². The van der Waals surface area contributed by atoms with Crippen molar-refractivity contribution in [2.75, 3.05) is 26.2 Å². The second kappa shape index (κ2) is 9.92. The molecule has 5 rings (SSSR count). The van der Waals surface area contributed by atoms with Crippen LogP contribution in [0.4, 0.5) is 13.2 Å². The molecule has 194 valence electrons. The number of hydrogen-bond donors (Lipinski definition) is 1. The van der Waals surface area contributed by atoms with Gasteiger partial charge in [-0.2, -0.15) is 18.2 Å². The highest BCUT2D eigenvalue weighted by Gasteiger charge is 2.34. The maximum Gasteiger partial charge on any atom is 0.397 e. The molecule has 4 heterocycles. The lowest BCUT2D eigenvalue weighted by molar-refractivity contribution is -0.162. The first-order valence-electron chi connectivity index (χ1n) is 11.9. The van der Waals surface area contributed by atoms with E-state index in [9.17, 15) is 18.0 Å². The number of hydrogen-bond acceptors (Lipinski definition) is 7. The van der Waals surface area contributed by atoms with Gasteiger partial charge in [-0.1, -0.05) is 5.16 Å². The van der Waals surface area contributed by atoms with Gasteiger partial charge in [0.15, 0.2) is 5.82 Å². The number of aryl methyl sites for hydroxylation is 2. The lowest BCUT2D eigenvalue weighted by atomic mass is 10.1. The van der Waals surface area contributed by atoms with E-state index in [4.69, 9.17) is 9.51 Å². The van der Waals surface area contributed by atoms with Crippen molar-refractivity contribution in [3.8, 4) is 11.5 Å². The summed E-state index contributed by atoms with van der Waals surface area (Å²) in [5.41, 5.74) is 5.41. The average Bonchev–Trinajstić information content (AvgIpc) is 3.45. The molecule has 1 aliphatic rings. The molecule has 0 spiro atoms. The molecule has 1 N–H and O–H groups in total. The molecule has 1 saturated heterocycles. The van der Waals surface area contributed by atoms with E-state index < -0.39 is 18.5 Å². The molecule has 1 amide bonds. The molecule has 37 heavy (non-hydrogen) atoms. The number of benzene rings is 1. The van der Waals surface area contributed by atoms with Crippen LogP contribution in [0.3, 0.4) is 0 Å². The Morgan fingerprint density at radius 1 is 1.11 bits per heavy atom. The molecule has 0 saturated carbocycles. The maximum absolute atomic E-state index is 12.5. The zero-order chi connectivity index (χ0) is 26.2. The van der Waals surface area contributed by atoms with Crippen LogP contribution in [0.15, 0.2) is 35.0 Å². The Morgan fingerprint density at radius 2 is 1.89 bits per heavy atom. The monoisotopic (exact) mass is 513 g/mol. The summed E-state index contributed by atoms with van der Waals surface area (Å²) in [4.78, 5) is 32.2. The minimum atomic E-state index is -4.48. The van der Waals surface area contributed by atoms with Crippen molar-refractivity contribution in [2.45, 2.75) is 39.4 Å². The molecule has 1 fully saturated rings. The van der Waals surface area contributed by atoms with E-state index in [0.717, 1.165) is 39.2 Å². The van der Waals surface area contributed by atoms with Crippen molar-refractivity contribution in [2.24, 2.45) is 0 Å². The van der Waals surface area contributed by atoms with Gasteiger partial charge < -0.3 is 14.4 Å². The average molecular weight is 514 g/mol. The number of aromatic nitrogens is 5. The van der Waals surface area contributed by atoms with E-state index in [-0.39, 0.29) is 13.1 Å². The minimum absolute atomic E-state index is 0.288. The van der Waals surface area contributed by atoms with Crippen LogP contribution in [0.1, 0.15) is 34.9 Å². The second-order valence-corrected chi connectivity index (χ2v) is 9.25. The van der Waals surface area contributed by atoms with Crippen LogP contribution in [0.25, 0.3) is 22.5 Å². The van der Waals surface area contributed by atoms with Crippen LogP contribution in [-0.4, -0.2) is 73.2 Å². The fourth-order valence-corrected chi connectivity index (χ4v) is 4.58. The van der Waals surface area contributed by atoms with E-state index in [1.807, 2.05) is 31.2 Å². The predicted octanol–water partition coefficient (Wildman–Crippen LogP) is 3.81. The molecule has 0 radical (unpaired) electrons. The fraction of sp³-hybridized carbons (Fsp3) is 0.400. The standard InChI is InChI=1S/C25H26F3N7O2/c1-15-19(24-30-16(2)33-37-24)3-4-20-23(15)32-21(31-20)12-18-11-17(5-6-29-18)14-34-7-9-35(10-8-34)22(36)13-25(26,27)28/h3-6,11H,7-10,12-14H2,1-2H3,(H,31,32). The molecular weight excluding hydrogens is 487 g/mol. The van der Waals surface area contributed by atoms with Gasteiger partial charge >= 0.3 is 6.18 Å². The summed E-state index contributed by atoms with van der Waals surface area (Å²) < 4.78 is 42.8. The lowest BCUT2D eigenvalue weighted by Crippen LogP contribution is -2.49. The van der Waals surface area contributed by atoms with Crippen LogP contribution in [0, 0.1) is 13.8 Å². The van der Waals surface area contributed by atoms with Gasteiger partial charge in [0.25, 0.3) is 5.89 Å². The Balaban J connectivity index is 1.23. The normalized spacial score (nSPS) is 15.0. The van der Waals surface area contributed by atoms with Gasteiger partial charge in [-0.15, -0.1) is 0 Å². The molecule has 0 atom stereocenters. The first kappa shape index (κ1) is 24.9. The van der Waals surface area contributed by atoms with Crippen molar-refractivity contribution in [3.63, 3.8) is 0 Å². The fourth-order valence-electron chi connectivity index (χ4n) is 4.58. The van der Waals surface area contributed by atoms with Gasteiger partial charge in [0.2, 0.25) is 5.91 Å². The highest BCUT2D eigenvalue weighted by atomic mass is 19.4. The van der Waals surface area contributed by atoms with Gasteiger partial charge in [0.05, 0.1) is 11.0 Å². The number of H-pyrrole nitrogens is 1. The number of imidazole rings is 1. The van der Waals surface area contributed by atoms with Crippen LogP contribution >= 0.6 is 0 Å². The van der Waals surface area contributed by atoms with E-state index >= 15 is 0 Å². The van der Waals surface area contributed by atoms with Crippen LogP contribution in [-0.2, 0) is 17.8 Å². The third kappa shape index (κ3) is 5.79. The van der Waals surface area contributed by atoms with Crippen molar-refractivity contribution in [1.29, 1.82) is 0 Å². The van der Waals surface area contributed by atoms with E-state index in [0.29, 0.717) is 37.8 Å². The van der Waals surface area contributed by atoms with E-state index in [2.05, 4.69) is 25.0 Å². The van der Waals surface area contributed by atoms with E-state index in [1.54, 1.807) is 13.1 Å². The van der Waals surface area contributed by atoms with Crippen LogP contribution < -0.4 is 0 Å². The Kier molecular flexibility index (Phi) is 6.67. The summed E-state index contributed by atoms with van der Waals surface area (Å²) in [5.74, 6) is 0.943.